The highest BCUT2D eigenvalue weighted by Gasteiger charge is 2.26. The zero-order valence-electron chi connectivity index (χ0n) is 11.5. The minimum atomic E-state index is 0.128. The molecule has 0 radical (unpaired) electrons. The first-order valence-corrected chi connectivity index (χ1v) is 7.64. The molecule has 0 saturated carbocycles. The molecule has 1 aromatic carbocycles. The van der Waals surface area contributed by atoms with E-state index in [0.717, 1.165) is 32.2 Å². The molecule has 1 N–H and O–H groups in total. The van der Waals surface area contributed by atoms with Gasteiger partial charge in [-0.25, -0.2) is 0 Å². The van der Waals surface area contributed by atoms with Gasteiger partial charge in [0.05, 0.1) is 0 Å². The van der Waals surface area contributed by atoms with Crippen LogP contribution < -0.4 is 5.32 Å². The molecule has 19 heavy (non-hydrogen) atoms. The van der Waals surface area contributed by atoms with E-state index in [1.165, 1.54) is 11.1 Å². The predicted octanol–water partition coefficient (Wildman–Crippen LogP) is 3.17. The Kier molecular flexibility index (Phi) is 5.26. The van der Waals surface area contributed by atoms with Crippen LogP contribution in [-0.2, 0) is 17.6 Å². The number of carbonyl (C=O) groups excluding carboxylic acids is 1. The van der Waals surface area contributed by atoms with Crippen molar-refractivity contribution >= 4 is 17.5 Å². The van der Waals surface area contributed by atoms with Gasteiger partial charge in [-0.15, -0.1) is 11.6 Å². The van der Waals surface area contributed by atoms with Crippen molar-refractivity contribution in [3.05, 3.63) is 35.4 Å². The Hall–Kier alpha value is -1.02. The van der Waals surface area contributed by atoms with Gasteiger partial charge in [0.2, 0.25) is 5.91 Å². The first-order valence-electron chi connectivity index (χ1n) is 7.11. The van der Waals surface area contributed by atoms with E-state index in [-0.39, 0.29) is 11.8 Å². The summed E-state index contributed by atoms with van der Waals surface area (Å²) < 4.78 is 0. The topological polar surface area (TPSA) is 29.1 Å². The molecule has 0 spiro atoms. The highest BCUT2D eigenvalue weighted by atomic mass is 35.5. The maximum Gasteiger partial charge on any atom is 0.223 e. The molecule has 2 rings (SSSR count). The summed E-state index contributed by atoms with van der Waals surface area (Å²) in [7, 11) is 0. The molecule has 1 amide bonds. The van der Waals surface area contributed by atoms with E-state index in [0.29, 0.717) is 11.8 Å². The minimum absolute atomic E-state index is 0.128. The normalized spacial score (nSPS) is 16.1. The predicted molar refractivity (Wildman–Crippen MR) is 79.5 cm³/mol. The SMILES string of the molecule is CC(CCl)CCCNC(=O)C1Cc2ccccc2C1. The van der Waals surface area contributed by atoms with E-state index in [9.17, 15) is 4.79 Å². The fourth-order valence-corrected chi connectivity index (χ4v) is 2.78. The van der Waals surface area contributed by atoms with E-state index in [1.54, 1.807) is 0 Å². The van der Waals surface area contributed by atoms with Gasteiger partial charge in [0, 0.05) is 18.3 Å². The number of hydrogen-bond acceptors (Lipinski definition) is 1. The van der Waals surface area contributed by atoms with E-state index in [2.05, 4.69) is 24.4 Å². The Bertz CT molecular complexity index is 408. The summed E-state index contributed by atoms with van der Waals surface area (Å²) in [5.41, 5.74) is 2.66. The molecule has 1 aromatic rings. The Morgan fingerprint density at radius 1 is 1.37 bits per heavy atom. The lowest BCUT2D eigenvalue weighted by Crippen LogP contribution is -2.32. The van der Waals surface area contributed by atoms with Crippen molar-refractivity contribution in [2.45, 2.75) is 32.6 Å². The minimum Gasteiger partial charge on any atom is -0.356 e. The summed E-state index contributed by atoms with van der Waals surface area (Å²) in [6.45, 7) is 2.91. The molecule has 1 aliphatic carbocycles. The van der Waals surface area contributed by atoms with Gasteiger partial charge >= 0.3 is 0 Å². The number of alkyl halides is 1. The van der Waals surface area contributed by atoms with Crippen LogP contribution in [0.1, 0.15) is 30.9 Å². The third-order valence-corrected chi connectivity index (χ3v) is 4.38. The molecular formula is C16H22ClNO. The molecule has 1 unspecified atom stereocenters. The quantitative estimate of drug-likeness (QED) is 0.629. The zero-order chi connectivity index (χ0) is 13.7. The number of benzene rings is 1. The van der Waals surface area contributed by atoms with E-state index < -0.39 is 0 Å². The van der Waals surface area contributed by atoms with Crippen molar-refractivity contribution in [2.75, 3.05) is 12.4 Å². The molecule has 0 fully saturated rings. The number of halogens is 1. The van der Waals surface area contributed by atoms with Crippen molar-refractivity contribution in [2.24, 2.45) is 11.8 Å². The Balaban J connectivity index is 1.71. The van der Waals surface area contributed by atoms with Crippen molar-refractivity contribution in [1.82, 2.24) is 5.32 Å². The van der Waals surface area contributed by atoms with Crippen LogP contribution in [0.25, 0.3) is 0 Å². The standard InChI is InChI=1S/C16H22ClNO/c1-12(11-17)5-4-8-18-16(19)15-9-13-6-2-3-7-14(13)10-15/h2-3,6-7,12,15H,4-5,8-11H2,1H3,(H,18,19). The number of amides is 1. The lowest BCUT2D eigenvalue weighted by Gasteiger charge is -2.11. The van der Waals surface area contributed by atoms with Gasteiger partial charge in [-0.05, 0) is 42.7 Å². The van der Waals surface area contributed by atoms with Crippen molar-refractivity contribution in [1.29, 1.82) is 0 Å². The fourth-order valence-electron chi connectivity index (χ4n) is 2.63. The van der Waals surface area contributed by atoms with Crippen LogP contribution in [0.2, 0.25) is 0 Å². The Morgan fingerprint density at radius 2 is 2.00 bits per heavy atom. The van der Waals surface area contributed by atoms with E-state index in [4.69, 9.17) is 11.6 Å². The summed E-state index contributed by atoms with van der Waals surface area (Å²) >= 11 is 5.76. The van der Waals surface area contributed by atoms with Crippen LogP contribution in [0.3, 0.4) is 0 Å². The molecule has 3 heteroatoms. The highest BCUT2D eigenvalue weighted by Crippen LogP contribution is 2.26. The van der Waals surface area contributed by atoms with Gasteiger partial charge in [-0.3, -0.25) is 4.79 Å². The molecule has 0 aromatic heterocycles. The second-order valence-electron chi connectivity index (χ2n) is 5.57. The Labute approximate surface area is 120 Å². The van der Waals surface area contributed by atoms with Crippen LogP contribution >= 0.6 is 11.6 Å². The number of hydrogen-bond donors (Lipinski definition) is 1. The van der Waals surface area contributed by atoms with Crippen molar-refractivity contribution in [3.63, 3.8) is 0 Å². The molecule has 2 nitrogen and oxygen atoms in total. The van der Waals surface area contributed by atoms with Gasteiger partial charge in [0.25, 0.3) is 0 Å². The number of carbonyl (C=O) groups is 1. The second kappa shape index (κ2) is 6.95. The molecule has 0 aliphatic heterocycles. The van der Waals surface area contributed by atoms with Gasteiger partial charge in [-0.1, -0.05) is 31.2 Å². The summed E-state index contributed by atoms with van der Waals surface area (Å²) in [5.74, 6) is 1.57. The molecule has 104 valence electrons. The van der Waals surface area contributed by atoms with Crippen LogP contribution in [0.5, 0.6) is 0 Å². The maximum atomic E-state index is 12.1. The highest BCUT2D eigenvalue weighted by molar-refractivity contribution is 6.18. The molecule has 0 bridgehead atoms. The summed E-state index contributed by atoms with van der Waals surface area (Å²) in [5, 5.41) is 3.06. The van der Waals surface area contributed by atoms with Gasteiger partial charge in [0.15, 0.2) is 0 Å². The third kappa shape index (κ3) is 3.97. The molecule has 1 atom stereocenters. The number of rotatable bonds is 6. The number of fused-ring (bicyclic) bond motifs is 1. The Morgan fingerprint density at radius 3 is 2.58 bits per heavy atom. The first kappa shape index (κ1) is 14.4. The van der Waals surface area contributed by atoms with E-state index in [1.807, 2.05) is 12.1 Å². The summed E-state index contributed by atoms with van der Waals surface area (Å²) in [4.78, 5) is 12.1. The lowest BCUT2D eigenvalue weighted by atomic mass is 10.1. The molecular weight excluding hydrogens is 258 g/mol. The molecule has 0 saturated heterocycles. The van der Waals surface area contributed by atoms with Crippen molar-refractivity contribution < 1.29 is 4.79 Å². The average Bonchev–Trinajstić information content (AvgIpc) is 2.87. The summed E-state index contributed by atoms with van der Waals surface area (Å²) in [6.07, 6.45) is 3.87. The van der Waals surface area contributed by atoms with E-state index >= 15 is 0 Å². The third-order valence-electron chi connectivity index (χ3n) is 3.86. The van der Waals surface area contributed by atoms with Crippen LogP contribution in [0, 0.1) is 11.8 Å². The molecule has 0 heterocycles. The van der Waals surface area contributed by atoms with Crippen molar-refractivity contribution in [3.8, 4) is 0 Å². The monoisotopic (exact) mass is 279 g/mol. The van der Waals surface area contributed by atoms with Crippen LogP contribution in [0.15, 0.2) is 24.3 Å². The second-order valence-corrected chi connectivity index (χ2v) is 5.88. The molecule has 1 aliphatic rings. The summed E-state index contributed by atoms with van der Waals surface area (Å²) in [6, 6.07) is 8.36. The largest absolute Gasteiger partial charge is 0.356 e. The smallest absolute Gasteiger partial charge is 0.223 e. The maximum absolute atomic E-state index is 12.1. The average molecular weight is 280 g/mol. The van der Waals surface area contributed by atoms with Gasteiger partial charge in [-0.2, -0.15) is 0 Å². The zero-order valence-corrected chi connectivity index (χ0v) is 12.2. The van der Waals surface area contributed by atoms with Gasteiger partial charge in [0.1, 0.15) is 0 Å². The number of nitrogens with one attached hydrogen (secondary N) is 1. The van der Waals surface area contributed by atoms with Crippen LogP contribution in [-0.4, -0.2) is 18.3 Å². The first-order chi connectivity index (χ1) is 9.20. The van der Waals surface area contributed by atoms with Crippen LogP contribution in [0.4, 0.5) is 0 Å². The van der Waals surface area contributed by atoms with Gasteiger partial charge < -0.3 is 5.32 Å². The lowest BCUT2D eigenvalue weighted by molar-refractivity contribution is -0.124. The fraction of sp³-hybridized carbons (Fsp3) is 0.562.